The van der Waals surface area contributed by atoms with E-state index >= 15 is 0 Å². The second kappa shape index (κ2) is 7.37. The average molecular weight is 345 g/mol. The summed E-state index contributed by atoms with van der Waals surface area (Å²) in [7, 11) is 0. The van der Waals surface area contributed by atoms with Gasteiger partial charge in [-0.1, -0.05) is 12.1 Å². The van der Waals surface area contributed by atoms with Crippen molar-refractivity contribution < 1.29 is 19.2 Å². The highest BCUT2D eigenvalue weighted by atomic mass is 16.5. The van der Waals surface area contributed by atoms with Crippen molar-refractivity contribution in [3.05, 3.63) is 24.4 Å². The largest absolute Gasteiger partial charge is 0.481 e. The van der Waals surface area contributed by atoms with Crippen LogP contribution < -0.4 is 0 Å². The molecular formula is C16H19N5O4. The van der Waals surface area contributed by atoms with E-state index in [9.17, 15) is 9.59 Å². The molecule has 9 nitrogen and oxygen atoms in total. The van der Waals surface area contributed by atoms with E-state index in [4.69, 9.17) is 9.63 Å². The van der Waals surface area contributed by atoms with Gasteiger partial charge in [-0.3, -0.25) is 9.59 Å². The maximum absolute atomic E-state index is 12.5. The minimum absolute atomic E-state index is 0.0914. The number of aromatic nitrogens is 4. The molecule has 0 spiro atoms. The first-order valence-electron chi connectivity index (χ1n) is 8.17. The Balaban J connectivity index is 1.58. The summed E-state index contributed by atoms with van der Waals surface area (Å²) >= 11 is 0. The summed E-state index contributed by atoms with van der Waals surface area (Å²) < 4.78 is 5.14. The van der Waals surface area contributed by atoms with Gasteiger partial charge in [0, 0.05) is 37.8 Å². The van der Waals surface area contributed by atoms with Gasteiger partial charge in [0.15, 0.2) is 0 Å². The zero-order chi connectivity index (χ0) is 17.8. The second-order valence-corrected chi connectivity index (χ2v) is 6.10. The molecule has 1 unspecified atom stereocenters. The molecule has 0 saturated heterocycles. The normalized spacial score (nSPS) is 14.9. The van der Waals surface area contributed by atoms with E-state index in [1.807, 2.05) is 0 Å². The van der Waals surface area contributed by atoms with E-state index in [-0.39, 0.29) is 30.7 Å². The van der Waals surface area contributed by atoms with Crippen LogP contribution in [0.4, 0.5) is 0 Å². The number of hydrogen-bond donors (Lipinski definition) is 1. The van der Waals surface area contributed by atoms with E-state index in [0.717, 1.165) is 12.8 Å². The number of hydrogen-bond acceptors (Lipinski definition) is 7. The topological polar surface area (TPSA) is 122 Å². The van der Waals surface area contributed by atoms with Crippen molar-refractivity contribution in [2.75, 3.05) is 6.54 Å². The molecule has 3 rings (SSSR count). The Hall–Kier alpha value is -2.84. The number of nitrogens with zero attached hydrogens (tertiary/aromatic N) is 5. The fraction of sp³-hybridized carbons (Fsp3) is 0.500. The summed E-state index contributed by atoms with van der Waals surface area (Å²) in [6, 6.07) is 1.85. The molecule has 1 atom stereocenters. The van der Waals surface area contributed by atoms with Gasteiger partial charge in [-0.25, -0.2) is 9.97 Å². The molecule has 0 bridgehead atoms. The predicted molar refractivity (Wildman–Crippen MR) is 85.2 cm³/mol. The molecule has 2 heterocycles. The van der Waals surface area contributed by atoms with E-state index in [0.29, 0.717) is 18.1 Å². The highest BCUT2D eigenvalue weighted by Gasteiger charge is 2.34. The smallest absolute Gasteiger partial charge is 0.308 e. The van der Waals surface area contributed by atoms with Crippen LogP contribution in [0.25, 0.3) is 11.6 Å². The summed E-state index contributed by atoms with van der Waals surface area (Å²) in [5, 5.41) is 12.9. The van der Waals surface area contributed by atoms with Crippen molar-refractivity contribution >= 4 is 11.9 Å². The molecule has 1 saturated carbocycles. The SMILES string of the molecule is CC(CN(C(=O)CCc1nc(-c2ncccn2)no1)C1CC1)C(=O)O. The Labute approximate surface area is 144 Å². The van der Waals surface area contributed by atoms with Gasteiger partial charge < -0.3 is 14.5 Å². The maximum atomic E-state index is 12.5. The summed E-state index contributed by atoms with van der Waals surface area (Å²) in [6.07, 6.45) is 5.50. The van der Waals surface area contributed by atoms with Gasteiger partial charge in [-0.05, 0) is 18.9 Å². The molecule has 1 amide bonds. The summed E-state index contributed by atoms with van der Waals surface area (Å²) in [4.78, 5) is 37.4. The Bertz CT molecular complexity index is 744. The summed E-state index contributed by atoms with van der Waals surface area (Å²) in [5.41, 5.74) is 0. The number of carboxylic acid groups (broad SMARTS) is 1. The number of carbonyl (C=O) groups is 2. The Morgan fingerprint density at radius 2 is 2.04 bits per heavy atom. The van der Waals surface area contributed by atoms with Crippen molar-refractivity contribution in [3.63, 3.8) is 0 Å². The fourth-order valence-corrected chi connectivity index (χ4v) is 2.43. The molecule has 1 N–H and O–H groups in total. The monoisotopic (exact) mass is 345 g/mol. The summed E-state index contributed by atoms with van der Waals surface area (Å²) in [6.45, 7) is 1.83. The molecule has 0 radical (unpaired) electrons. The molecule has 132 valence electrons. The fourth-order valence-electron chi connectivity index (χ4n) is 2.43. The molecule has 1 aliphatic rings. The van der Waals surface area contributed by atoms with Gasteiger partial charge in [-0.15, -0.1) is 0 Å². The molecule has 0 aromatic carbocycles. The third-order valence-corrected chi connectivity index (χ3v) is 3.99. The van der Waals surface area contributed by atoms with Crippen molar-refractivity contribution in [1.29, 1.82) is 0 Å². The van der Waals surface area contributed by atoms with E-state index in [1.54, 1.807) is 30.3 Å². The predicted octanol–water partition coefficient (Wildman–Crippen LogP) is 1.17. The number of aliphatic carboxylic acids is 1. The molecule has 0 aliphatic heterocycles. The zero-order valence-corrected chi connectivity index (χ0v) is 13.8. The van der Waals surface area contributed by atoms with Crippen molar-refractivity contribution in [2.45, 2.75) is 38.6 Å². The second-order valence-electron chi connectivity index (χ2n) is 6.10. The Morgan fingerprint density at radius 1 is 1.32 bits per heavy atom. The third kappa shape index (κ3) is 4.37. The number of aryl methyl sites for hydroxylation is 1. The van der Waals surface area contributed by atoms with Crippen LogP contribution in [-0.2, 0) is 16.0 Å². The van der Waals surface area contributed by atoms with Crippen LogP contribution in [-0.4, -0.2) is 54.6 Å². The highest BCUT2D eigenvalue weighted by molar-refractivity contribution is 5.78. The molecule has 25 heavy (non-hydrogen) atoms. The zero-order valence-electron chi connectivity index (χ0n) is 13.8. The van der Waals surface area contributed by atoms with Gasteiger partial charge in [0.05, 0.1) is 5.92 Å². The van der Waals surface area contributed by atoms with Crippen LogP contribution in [0, 0.1) is 5.92 Å². The van der Waals surface area contributed by atoms with Gasteiger partial charge >= 0.3 is 5.97 Å². The van der Waals surface area contributed by atoms with Crippen molar-refractivity contribution in [1.82, 2.24) is 25.0 Å². The Kier molecular flexibility index (Phi) is 5.01. The standard InChI is InChI=1S/C16H19N5O4/c1-10(16(23)24)9-21(11-3-4-11)13(22)6-5-12-19-15(20-25-12)14-17-7-2-8-18-14/h2,7-8,10-11H,3-6,9H2,1H3,(H,23,24). The van der Waals surface area contributed by atoms with Crippen LogP contribution in [0.5, 0.6) is 0 Å². The van der Waals surface area contributed by atoms with E-state index < -0.39 is 11.9 Å². The molecule has 9 heteroatoms. The molecule has 2 aromatic rings. The average Bonchev–Trinajstić information content (AvgIpc) is 3.35. The number of rotatable bonds is 8. The quantitative estimate of drug-likeness (QED) is 0.756. The van der Waals surface area contributed by atoms with Gasteiger partial charge in [0.2, 0.25) is 23.4 Å². The van der Waals surface area contributed by atoms with Gasteiger partial charge in [0.25, 0.3) is 0 Å². The van der Waals surface area contributed by atoms with Gasteiger partial charge in [0.1, 0.15) is 0 Å². The van der Waals surface area contributed by atoms with Crippen LogP contribution >= 0.6 is 0 Å². The first kappa shape index (κ1) is 17.0. The van der Waals surface area contributed by atoms with E-state index in [1.165, 1.54) is 0 Å². The number of carbonyl (C=O) groups excluding carboxylic acids is 1. The third-order valence-electron chi connectivity index (χ3n) is 3.99. The van der Waals surface area contributed by atoms with Crippen LogP contribution in [0.3, 0.4) is 0 Å². The van der Waals surface area contributed by atoms with Crippen LogP contribution in [0.1, 0.15) is 32.1 Å². The minimum Gasteiger partial charge on any atom is -0.481 e. The lowest BCUT2D eigenvalue weighted by Gasteiger charge is -2.24. The minimum atomic E-state index is -0.900. The van der Waals surface area contributed by atoms with Crippen molar-refractivity contribution in [3.8, 4) is 11.6 Å². The lowest BCUT2D eigenvalue weighted by atomic mass is 10.1. The Morgan fingerprint density at radius 3 is 2.68 bits per heavy atom. The first-order valence-corrected chi connectivity index (χ1v) is 8.17. The van der Waals surface area contributed by atoms with E-state index in [2.05, 4.69) is 20.1 Å². The molecular weight excluding hydrogens is 326 g/mol. The highest BCUT2D eigenvalue weighted by Crippen LogP contribution is 2.28. The molecule has 1 aliphatic carbocycles. The van der Waals surface area contributed by atoms with Crippen molar-refractivity contribution in [2.24, 2.45) is 5.92 Å². The number of carboxylic acids is 1. The maximum Gasteiger partial charge on any atom is 0.308 e. The number of amides is 1. The van der Waals surface area contributed by atoms with Crippen LogP contribution in [0.2, 0.25) is 0 Å². The first-order chi connectivity index (χ1) is 12.0. The lowest BCUT2D eigenvalue weighted by Crippen LogP contribution is -2.38. The van der Waals surface area contributed by atoms with Crippen LogP contribution in [0.15, 0.2) is 23.0 Å². The molecule has 1 fully saturated rings. The lowest BCUT2D eigenvalue weighted by molar-refractivity contribution is -0.143. The summed E-state index contributed by atoms with van der Waals surface area (Å²) in [5.74, 6) is -0.609. The van der Waals surface area contributed by atoms with Gasteiger partial charge in [-0.2, -0.15) is 4.98 Å². The molecule has 2 aromatic heterocycles.